The van der Waals surface area contributed by atoms with E-state index in [1.54, 1.807) is 30.3 Å². The van der Waals surface area contributed by atoms with Gasteiger partial charge in [0.25, 0.3) is 21.6 Å². The molecule has 0 aromatic heterocycles. The molecule has 0 spiro atoms. The summed E-state index contributed by atoms with van der Waals surface area (Å²) in [6.45, 7) is 0. The summed E-state index contributed by atoms with van der Waals surface area (Å²) < 4.78 is 24.2. The highest BCUT2D eigenvalue weighted by atomic mass is 32.2. The molecule has 2 N–H and O–H groups in total. The van der Waals surface area contributed by atoms with Gasteiger partial charge in [0, 0.05) is 23.4 Å². The zero-order valence-corrected chi connectivity index (χ0v) is 15.4. The summed E-state index contributed by atoms with van der Waals surface area (Å²) in [4.78, 5) is 28.7. The van der Waals surface area contributed by atoms with Gasteiger partial charge >= 0.3 is 0 Å². The van der Waals surface area contributed by atoms with Gasteiger partial charge in [0.05, 0.1) is 14.9 Å². The van der Waals surface area contributed by atoms with Gasteiger partial charge in [-0.15, -0.1) is 16.6 Å². The van der Waals surface area contributed by atoms with Gasteiger partial charge in [-0.3, -0.25) is 25.3 Å². The minimum absolute atomic E-state index is 0.0289. The van der Waals surface area contributed by atoms with E-state index in [1.807, 2.05) is 4.83 Å². The molecule has 0 aliphatic carbocycles. The fraction of sp³-hybridized carbons (Fsp3) is 0.125. The molecule has 9 nitrogen and oxygen atoms in total. The number of nitrogens with zero attached hydrogens (tertiary/aromatic N) is 2. The van der Waals surface area contributed by atoms with Crippen molar-refractivity contribution in [2.45, 2.75) is 10.9 Å². The second kappa shape index (κ2) is 7.86. The van der Waals surface area contributed by atoms with E-state index in [1.165, 1.54) is 36.0 Å². The van der Waals surface area contributed by atoms with Crippen LogP contribution in [-0.4, -0.2) is 36.1 Å². The highest BCUT2D eigenvalue weighted by Crippen LogP contribution is 2.25. The Bertz CT molecular complexity index is 991. The standard InChI is InChI=1S/C16H14N4O5S2/c21-15(18-19-27(24,25)13-4-2-1-3-5-13)14-10-26-16(17-14)11-6-8-12(9-7-11)20(22)23/h1-9,14,19H,10H2,(H,18,21)/t14-/m0/s1. The normalized spacial score (nSPS) is 16.6. The number of rotatable bonds is 6. The Hall–Kier alpha value is -2.76. The first-order chi connectivity index (χ1) is 12.9. The second-order valence-electron chi connectivity index (χ2n) is 5.47. The molecular weight excluding hydrogens is 392 g/mol. The average molecular weight is 406 g/mol. The van der Waals surface area contributed by atoms with Crippen molar-refractivity contribution in [2.75, 3.05) is 5.75 Å². The van der Waals surface area contributed by atoms with Crippen molar-refractivity contribution < 1.29 is 18.1 Å². The smallest absolute Gasteiger partial charge is 0.269 e. The number of hydrogen-bond acceptors (Lipinski definition) is 7. The molecule has 1 amide bonds. The number of nitro groups is 1. The zero-order valence-electron chi connectivity index (χ0n) is 13.7. The Labute approximate surface area is 159 Å². The van der Waals surface area contributed by atoms with Crippen LogP contribution in [0.4, 0.5) is 5.69 Å². The number of nitro benzene ring substituents is 1. The van der Waals surface area contributed by atoms with E-state index in [2.05, 4.69) is 10.4 Å². The molecular formula is C16H14N4O5S2. The molecule has 1 aliphatic heterocycles. The fourth-order valence-electron chi connectivity index (χ4n) is 2.25. The van der Waals surface area contributed by atoms with Crippen molar-refractivity contribution in [3.8, 4) is 0 Å². The van der Waals surface area contributed by atoms with E-state index in [0.29, 0.717) is 16.4 Å². The number of non-ortho nitro benzene ring substituents is 1. The van der Waals surface area contributed by atoms with Crippen molar-refractivity contribution in [2.24, 2.45) is 4.99 Å². The first kappa shape index (κ1) is 19.0. The molecule has 0 bridgehead atoms. The van der Waals surface area contributed by atoms with Gasteiger partial charge in [0.2, 0.25) is 0 Å². The van der Waals surface area contributed by atoms with Crippen molar-refractivity contribution in [3.05, 3.63) is 70.3 Å². The van der Waals surface area contributed by atoms with Gasteiger partial charge in [0.15, 0.2) is 0 Å². The number of hydrogen-bond donors (Lipinski definition) is 2. The third-order valence-corrected chi connectivity index (χ3v) is 6.00. The van der Waals surface area contributed by atoms with Gasteiger partial charge in [-0.05, 0) is 24.3 Å². The predicted molar refractivity (Wildman–Crippen MR) is 101 cm³/mol. The first-order valence-electron chi connectivity index (χ1n) is 7.69. The lowest BCUT2D eigenvalue weighted by molar-refractivity contribution is -0.384. The van der Waals surface area contributed by atoms with E-state index < -0.39 is 26.9 Å². The number of nitrogens with one attached hydrogen (secondary N) is 2. The topological polar surface area (TPSA) is 131 Å². The maximum atomic E-state index is 12.2. The minimum Gasteiger partial charge on any atom is -0.276 e. The number of amides is 1. The third-order valence-electron chi connectivity index (χ3n) is 3.64. The number of carbonyl (C=O) groups is 1. The lowest BCUT2D eigenvalue weighted by atomic mass is 10.2. The Kier molecular flexibility index (Phi) is 5.54. The van der Waals surface area contributed by atoms with Crippen LogP contribution in [-0.2, 0) is 14.8 Å². The number of carbonyl (C=O) groups excluding carboxylic acids is 1. The van der Waals surface area contributed by atoms with Crippen molar-refractivity contribution in [1.82, 2.24) is 10.3 Å². The maximum Gasteiger partial charge on any atom is 0.269 e. The van der Waals surface area contributed by atoms with Gasteiger partial charge < -0.3 is 0 Å². The molecule has 0 unspecified atom stereocenters. The third kappa shape index (κ3) is 4.51. The summed E-state index contributed by atoms with van der Waals surface area (Å²) >= 11 is 1.32. The molecule has 2 aromatic rings. The van der Waals surface area contributed by atoms with Gasteiger partial charge in [0.1, 0.15) is 6.04 Å². The van der Waals surface area contributed by atoms with Crippen LogP contribution >= 0.6 is 11.8 Å². The SMILES string of the molecule is O=C(NNS(=O)(=O)c1ccccc1)[C@@H]1CSC(c2ccc([N+](=O)[O-])cc2)=N1. The van der Waals surface area contributed by atoms with Crippen LogP contribution in [0.1, 0.15) is 5.56 Å². The molecule has 2 aromatic carbocycles. The predicted octanol–water partition coefficient (Wildman–Crippen LogP) is 1.47. The van der Waals surface area contributed by atoms with E-state index >= 15 is 0 Å². The van der Waals surface area contributed by atoms with E-state index in [4.69, 9.17) is 0 Å². The monoisotopic (exact) mass is 406 g/mol. The Balaban J connectivity index is 1.64. The van der Waals surface area contributed by atoms with Crippen LogP contribution in [0.3, 0.4) is 0 Å². The largest absolute Gasteiger partial charge is 0.276 e. The minimum atomic E-state index is -3.86. The summed E-state index contributed by atoms with van der Waals surface area (Å²) in [5.41, 5.74) is 2.80. The van der Waals surface area contributed by atoms with E-state index in [-0.39, 0.29) is 10.6 Å². The molecule has 1 heterocycles. The van der Waals surface area contributed by atoms with E-state index in [9.17, 15) is 23.3 Å². The quantitative estimate of drug-likeness (QED) is 0.552. The number of thioether (sulfide) groups is 1. The van der Waals surface area contributed by atoms with Crippen LogP contribution in [0.5, 0.6) is 0 Å². The molecule has 27 heavy (non-hydrogen) atoms. The molecule has 0 fully saturated rings. The number of sulfonamides is 1. The fourth-order valence-corrected chi connectivity index (χ4v) is 4.17. The van der Waals surface area contributed by atoms with Gasteiger partial charge in [-0.2, -0.15) is 0 Å². The molecule has 1 atom stereocenters. The summed E-state index contributed by atoms with van der Waals surface area (Å²) in [5.74, 6) is -0.246. The van der Waals surface area contributed by atoms with Crippen LogP contribution in [0.2, 0.25) is 0 Å². The zero-order chi connectivity index (χ0) is 19.4. The molecule has 11 heteroatoms. The highest BCUT2D eigenvalue weighted by molar-refractivity contribution is 8.14. The molecule has 0 saturated carbocycles. The number of benzene rings is 2. The van der Waals surface area contributed by atoms with Crippen molar-refractivity contribution >= 4 is 38.4 Å². The van der Waals surface area contributed by atoms with Crippen LogP contribution in [0.15, 0.2) is 64.5 Å². The second-order valence-corrected chi connectivity index (χ2v) is 8.16. The summed E-state index contributed by atoms with van der Waals surface area (Å²) in [5, 5.41) is 11.3. The molecule has 3 rings (SSSR count). The summed E-state index contributed by atoms with van der Waals surface area (Å²) in [6.07, 6.45) is 0. The Morgan fingerprint density at radius 1 is 1.15 bits per heavy atom. The van der Waals surface area contributed by atoms with Gasteiger partial charge in [-0.1, -0.05) is 18.2 Å². The maximum absolute atomic E-state index is 12.2. The number of hydrazine groups is 1. The van der Waals surface area contributed by atoms with E-state index in [0.717, 1.165) is 0 Å². The van der Waals surface area contributed by atoms with Crippen molar-refractivity contribution in [3.63, 3.8) is 0 Å². The first-order valence-corrected chi connectivity index (χ1v) is 10.2. The summed E-state index contributed by atoms with van der Waals surface area (Å²) in [7, 11) is -3.86. The Morgan fingerprint density at radius 3 is 2.44 bits per heavy atom. The van der Waals surface area contributed by atoms with Crippen LogP contribution in [0, 0.1) is 10.1 Å². The highest BCUT2D eigenvalue weighted by Gasteiger charge is 2.27. The van der Waals surface area contributed by atoms with Gasteiger partial charge in [-0.25, -0.2) is 8.42 Å². The number of aliphatic imine (C=N–C) groups is 1. The lowest BCUT2D eigenvalue weighted by Gasteiger charge is -2.10. The lowest BCUT2D eigenvalue weighted by Crippen LogP contribution is -2.46. The Morgan fingerprint density at radius 2 is 1.81 bits per heavy atom. The van der Waals surface area contributed by atoms with Crippen LogP contribution in [0.25, 0.3) is 0 Å². The van der Waals surface area contributed by atoms with Crippen LogP contribution < -0.4 is 10.3 Å². The molecule has 1 aliphatic rings. The molecule has 140 valence electrons. The molecule has 0 radical (unpaired) electrons. The van der Waals surface area contributed by atoms with Crippen molar-refractivity contribution in [1.29, 1.82) is 0 Å². The molecule has 0 saturated heterocycles. The average Bonchev–Trinajstić information content (AvgIpc) is 3.17. The summed E-state index contributed by atoms with van der Waals surface area (Å²) in [6, 6.07) is 12.7.